The molecule has 0 aromatic carbocycles. The van der Waals surface area contributed by atoms with Crippen molar-refractivity contribution in [1.29, 1.82) is 0 Å². The second kappa shape index (κ2) is 6.97. The van der Waals surface area contributed by atoms with Crippen LogP contribution >= 0.6 is 0 Å². The third-order valence-corrected chi connectivity index (χ3v) is 7.24. The number of rotatable bonds is 6. The van der Waals surface area contributed by atoms with Crippen LogP contribution in [0.15, 0.2) is 0 Å². The van der Waals surface area contributed by atoms with E-state index >= 15 is 0 Å². The van der Waals surface area contributed by atoms with Gasteiger partial charge in [-0.3, -0.25) is 9.69 Å². The Morgan fingerprint density at radius 1 is 1.21 bits per heavy atom. The van der Waals surface area contributed by atoms with Crippen molar-refractivity contribution in [1.82, 2.24) is 14.1 Å². The van der Waals surface area contributed by atoms with Gasteiger partial charge in [-0.1, -0.05) is 13.8 Å². The van der Waals surface area contributed by atoms with Crippen molar-refractivity contribution in [3.05, 3.63) is 0 Å². The number of likely N-dealkylation sites (N-methyl/N-ethyl adjacent to an activating group) is 2. The lowest BCUT2D eigenvalue weighted by atomic mass is 9.94. The molecule has 2 fully saturated rings. The molecular formula is C15H27N3O5S. The fraction of sp³-hybridized carbons (Fsp3) is 0.867. The molecule has 3 atom stereocenters. The highest BCUT2D eigenvalue weighted by Crippen LogP contribution is 2.29. The van der Waals surface area contributed by atoms with Crippen molar-refractivity contribution in [3.8, 4) is 0 Å². The fourth-order valence-electron chi connectivity index (χ4n) is 3.37. The quantitative estimate of drug-likeness (QED) is 0.662. The van der Waals surface area contributed by atoms with Crippen LogP contribution < -0.4 is 0 Å². The number of carbonyl (C=O) groups excluding carboxylic acids is 1. The molecule has 0 spiro atoms. The van der Waals surface area contributed by atoms with E-state index in [-0.39, 0.29) is 17.7 Å². The van der Waals surface area contributed by atoms with Gasteiger partial charge in [0.1, 0.15) is 11.4 Å². The van der Waals surface area contributed by atoms with Crippen LogP contribution in [-0.4, -0.2) is 84.7 Å². The predicted octanol–water partition coefficient (Wildman–Crippen LogP) is -0.133. The minimum Gasteiger partial charge on any atom is -0.480 e. The van der Waals surface area contributed by atoms with E-state index in [9.17, 15) is 23.1 Å². The molecular weight excluding hydrogens is 334 g/mol. The van der Waals surface area contributed by atoms with Crippen LogP contribution in [0.2, 0.25) is 0 Å². The van der Waals surface area contributed by atoms with E-state index in [1.54, 1.807) is 25.8 Å². The van der Waals surface area contributed by atoms with E-state index in [0.29, 0.717) is 32.5 Å². The Kier molecular flexibility index (Phi) is 5.56. The number of sulfonamides is 1. The topological polar surface area (TPSA) is 98.0 Å². The lowest BCUT2D eigenvalue weighted by Gasteiger charge is -2.35. The summed E-state index contributed by atoms with van der Waals surface area (Å²) in [6.07, 6.45) is 0.868. The van der Waals surface area contributed by atoms with Crippen molar-refractivity contribution in [2.75, 3.05) is 33.7 Å². The molecule has 0 bridgehead atoms. The molecule has 2 rings (SSSR count). The number of aliphatic carboxylic acids is 1. The highest BCUT2D eigenvalue weighted by Gasteiger charge is 2.46. The molecule has 2 unspecified atom stereocenters. The molecule has 0 radical (unpaired) electrons. The molecule has 2 heterocycles. The van der Waals surface area contributed by atoms with Crippen molar-refractivity contribution < 1.29 is 23.1 Å². The van der Waals surface area contributed by atoms with E-state index in [1.165, 1.54) is 16.3 Å². The highest BCUT2D eigenvalue weighted by molar-refractivity contribution is 7.90. The Balaban J connectivity index is 1.96. The lowest BCUT2D eigenvalue weighted by Crippen LogP contribution is -2.50. The SMILES string of the molecule is CC(C)[C@@H](C(=O)O)N(C)C(=O)C1CCN(S(=O)(=O)C2CN2C)CC1. The van der Waals surface area contributed by atoms with Crippen LogP contribution in [0.25, 0.3) is 0 Å². The van der Waals surface area contributed by atoms with E-state index in [0.717, 1.165) is 0 Å². The number of hydrogen-bond acceptors (Lipinski definition) is 5. The third-order valence-electron chi connectivity index (χ3n) is 4.96. The van der Waals surface area contributed by atoms with Crippen LogP contribution in [0.5, 0.6) is 0 Å². The summed E-state index contributed by atoms with van der Waals surface area (Å²) in [6, 6.07) is -0.862. The summed E-state index contributed by atoms with van der Waals surface area (Å²) in [5.74, 6) is -1.74. The minimum absolute atomic E-state index is 0.192. The van der Waals surface area contributed by atoms with Crippen molar-refractivity contribution in [2.24, 2.45) is 11.8 Å². The van der Waals surface area contributed by atoms with E-state index in [2.05, 4.69) is 0 Å². The number of carboxylic acids is 1. The Bertz CT molecular complexity index is 598. The zero-order chi connectivity index (χ0) is 18.2. The van der Waals surface area contributed by atoms with Gasteiger partial charge in [0.05, 0.1) is 0 Å². The first-order chi connectivity index (χ1) is 11.1. The zero-order valence-corrected chi connectivity index (χ0v) is 15.5. The minimum atomic E-state index is -3.31. The summed E-state index contributed by atoms with van der Waals surface area (Å²) in [6.45, 7) is 4.72. The standard InChI is InChI=1S/C15H27N3O5S/c1-10(2)13(15(20)21)17(4)14(19)11-5-7-18(8-6-11)24(22,23)12-9-16(12)3/h10-13H,5-9H2,1-4H3,(H,20,21)/t12?,13-,16?/m0/s1. The Labute approximate surface area is 143 Å². The molecule has 2 aliphatic heterocycles. The first-order valence-corrected chi connectivity index (χ1v) is 9.76. The van der Waals surface area contributed by atoms with Gasteiger partial charge in [0.25, 0.3) is 0 Å². The van der Waals surface area contributed by atoms with Gasteiger partial charge in [0.2, 0.25) is 15.9 Å². The van der Waals surface area contributed by atoms with E-state index in [4.69, 9.17) is 0 Å². The highest BCUT2D eigenvalue weighted by atomic mass is 32.2. The average Bonchev–Trinajstić information content (AvgIpc) is 3.23. The van der Waals surface area contributed by atoms with Gasteiger partial charge in [-0.25, -0.2) is 17.5 Å². The number of amides is 1. The van der Waals surface area contributed by atoms with Crippen molar-refractivity contribution in [2.45, 2.75) is 38.1 Å². The van der Waals surface area contributed by atoms with Gasteiger partial charge in [-0.15, -0.1) is 0 Å². The van der Waals surface area contributed by atoms with Crippen LogP contribution in [0.4, 0.5) is 0 Å². The lowest BCUT2D eigenvalue weighted by molar-refractivity contribution is -0.153. The molecule has 0 aromatic rings. The molecule has 8 nitrogen and oxygen atoms in total. The average molecular weight is 361 g/mol. The summed E-state index contributed by atoms with van der Waals surface area (Å²) >= 11 is 0. The van der Waals surface area contributed by atoms with Gasteiger partial charge in [0.15, 0.2) is 0 Å². The van der Waals surface area contributed by atoms with Crippen LogP contribution in [0.1, 0.15) is 26.7 Å². The van der Waals surface area contributed by atoms with Crippen LogP contribution in [0.3, 0.4) is 0 Å². The summed E-state index contributed by atoms with van der Waals surface area (Å²) in [7, 11) is -0.0239. The maximum absolute atomic E-state index is 12.6. The molecule has 138 valence electrons. The molecule has 0 saturated carbocycles. The van der Waals surface area contributed by atoms with E-state index < -0.39 is 27.4 Å². The van der Waals surface area contributed by atoms with Crippen molar-refractivity contribution >= 4 is 21.9 Å². The summed E-state index contributed by atoms with van der Waals surface area (Å²) in [5.41, 5.74) is 0. The number of hydrogen-bond donors (Lipinski definition) is 1. The molecule has 9 heteroatoms. The summed E-state index contributed by atoms with van der Waals surface area (Å²) in [4.78, 5) is 27.0. The maximum atomic E-state index is 12.6. The molecule has 24 heavy (non-hydrogen) atoms. The Morgan fingerprint density at radius 3 is 2.08 bits per heavy atom. The van der Waals surface area contributed by atoms with E-state index in [1.807, 2.05) is 0 Å². The number of carboxylic acid groups (broad SMARTS) is 1. The van der Waals surface area contributed by atoms with Gasteiger partial charge < -0.3 is 10.0 Å². The monoisotopic (exact) mass is 361 g/mol. The van der Waals surface area contributed by atoms with Gasteiger partial charge >= 0.3 is 5.97 Å². The first-order valence-electron chi connectivity index (χ1n) is 8.26. The molecule has 0 aliphatic carbocycles. The van der Waals surface area contributed by atoms with Crippen LogP contribution in [0, 0.1) is 11.8 Å². The zero-order valence-electron chi connectivity index (χ0n) is 14.7. The summed E-state index contributed by atoms with van der Waals surface area (Å²) < 4.78 is 26.2. The number of nitrogens with zero attached hydrogens (tertiary/aromatic N) is 3. The molecule has 0 aromatic heterocycles. The fourth-order valence-corrected chi connectivity index (χ4v) is 5.32. The molecule has 2 aliphatic rings. The number of carbonyl (C=O) groups is 2. The first kappa shape index (κ1) is 19.1. The smallest absolute Gasteiger partial charge is 0.326 e. The van der Waals surface area contributed by atoms with Crippen molar-refractivity contribution in [3.63, 3.8) is 0 Å². The molecule has 2 saturated heterocycles. The molecule has 1 N–H and O–H groups in total. The predicted molar refractivity (Wildman–Crippen MR) is 88.7 cm³/mol. The maximum Gasteiger partial charge on any atom is 0.326 e. The molecule has 1 amide bonds. The van der Waals surface area contributed by atoms with Crippen LogP contribution in [-0.2, 0) is 19.6 Å². The van der Waals surface area contributed by atoms with Gasteiger partial charge in [-0.05, 0) is 25.8 Å². The Hall–Kier alpha value is -1.19. The van der Waals surface area contributed by atoms with Gasteiger partial charge in [-0.2, -0.15) is 0 Å². The third kappa shape index (κ3) is 3.73. The second-order valence-electron chi connectivity index (χ2n) is 7.09. The Morgan fingerprint density at radius 2 is 1.71 bits per heavy atom. The second-order valence-corrected chi connectivity index (χ2v) is 9.18. The largest absolute Gasteiger partial charge is 0.480 e. The number of piperidine rings is 1. The van der Waals surface area contributed by atoms with Gasteiger partial charge in [0, 0.05) is 32.6 Å². The summed E-state index contributed by atoms with van der Waals surface area (Å²) in [5, 5.41) is 8.89. The normalized spacial score (nSPS) is 27.0.